The van der Waals surface area contributed by atoms with E-state index in [-0.39, 0.29) is 56.4 Å². The highest BCUT2D eigenvalue weighted by atomic mass is 31.2. The van der Waals surface area contributed by atoms with Crippen LogP contribution in [0.25, 0.3) is 0 Å². The van der Waals surface area contributed by atoms with Crippen LogP contribution in [0.5, 0.6) is 5.75 Å². The molecule has 1 aliphatic rings. The number of phosphoric ester groups is 1. The number of aromatic hydroxyl groups is 1. The van der Waals surface area contributed by atoms with Gasteiger partial charge in [-0.1, -0.05) is 32.4 Å². The van der Waals surface area contributed by atoms with Gasteiger partial charge in [-0.25, -0.2) is 4.57 Å². The number of hydrogen-bond acceptors (Lipinski definition) is 16. The molecule has 1 aliphatic heterocycles. The molecule has 9 atom stereocenters. The number of aliphatic imine (C=N–C) groups is 1. The van der Waals surface area contributed by atoms with Crippen LogP contribution < -0.4 is 49.1 Å². The van der Waals surface area contributed by atoms with E-state index in [0.717, 1.165) is 4.90 Å². The highest BCUT2D eigenvalue weighted by molar-refractivity contribution is 7.46. The van der Waals surface area contributed by atoms with Crippen molar-refractivity contribution in [2.75, 3.05) is 32.9 Å². The minimum atomic E-state index is -5.37. The molecule has 0 unspecified atom stereocenters. The minimum absolute atomic E-state index is 0.0216. The maximum atomic E-state index is 13.9. The Morgan fingerprint density at radius 1 is 0.853 bits per heavy atom. The van der Waals surface area contributed by atoms with Crippen molar-refractivity contribution in [3.63, 3.8) is 0 Å². The quantitative estimate of drug-likeness (QED) is 0.0117. The van der Waals surface area contributed by atoms with Gasteiger partial charge in [-0.05, 0) is 49.3 Å². The number of benzene rings is 1. The number of nitrogens with one attached hydrogen (secondary N) is 6. The van der Waals surface area contributed by atoms with Crippen LogP contribution in [0.2, 0.25) is 0 Å². The van der Waals surface area contributed by atoms with E-state index in [9.17, 15) is 77.9 Å². The number of aliphatic hydroxyl groups is 2. The lowest BCUT2D eigenvalue weighted by Gasteiger charge is -2.30. The third kappa shape index (κ3) is 19.5. The van der Waals surface area contributed by atoms with E-state index in [2.05, 4.69) is 41.4 Å². The Hall–Kier alpha value is -6.29. The second-order valence-corrected chi connectivity index (χ2v) is 17.0. The SMILES string of the molecule is CC[C@H](C)[C@@H](C=O)NC(=O)[C@H](CC(=O)O)NC(=O)[C@@H]1CCCN1C(=O)[C@H](CO)NC(=O)[C@H](COP(=O)(O)O)NC(=O)[C@H](Cc1ccc(O)cc1)NC(=O)[C@H](CO)NC(=O)[C@@H](N)CCCN=C(N)N. The fourth-order valence-corrected chi connectivity index (χ4v) is 6.88. The number of carbonyl (C=O) groups is 9. The summed E-state index contributed by atoms with van der Waals surface area (Å²) in [4.78, 5) is 141. The second-order valence-electron chi connectivity index (χ2n) is 15.7. The van der Waals surface area contributed by atoms with Crippen LogP contribution in [-0.4, -0.2) is 176 Å². The van der Waals surface area contributed by atoms with E-state index in [0.29, 0.717) is 18.3 Å². The Kier molecular flexibility index (Phi) is 23.9. The Morgan fingerprint density at radius 3 is 1.97 bits per heavy atom. The fourth-order valence-electron chi connectivity index (χ4n) is 6.54. The van der Waals surface area contributed by atoms with Crippen molar-refractivity contribution in [1.82, 2.24) is 36.8 Å². The number of aldehydes is 1. The van der Waals surface area contributed by atoms with Crippen LogP contribution in [0.15, 0.2) is 29.3 Å². The number of hydrogen-bond donors (Lipinski definition) is 15. The first-order valence-corrected chi connectivity index (χ1v) is 22.8. The standard InChI is InChI=1S/C39H62N11O17P/c1-3-20(2)26(16-51)46-34(59)25(15-31(55)56)45-37(62)30-7-5-13-50(30)38(63)28(18-53)48-36(61)29(19-67-68(64,65)66)49-33(58)24(14-21-8-10-22(54)11-9-21)44-35(60)27(17-52)47-32(57)23(40)6-4-12-43-39(41)42/h8-11,16,20,23-30,52-54H,3-7,12-15,17-19,40H2,1-2H3,(H,44,60)(H,45,62)(H,46,59)(H,47,57)(H,48,61)(H,49,58)(H,55,56)(H4,41,42,43)(H2,64,65,66)/t20-,23-,24-,25-,26+,27-,28-,29-,30-/m0/s1. The maximum absolute atomic E-state index is 13.9. The van der Waals surface area contributed by atoms with E-state index in [1.807, 2.05) is 0 Å². The largest absolute Gasteiger partial charge is 0.508 e. The number of carbonyl (C=O) groups excluding carboxylic acids is 8. The lowest BCUT2D eigenvalue weighted by atomic mass is 10.00. The van der Waals surface area contributed by atoms with Gasteiger partial charge in [0.1, 0.15) is 48.3 Å². The van der Waals surface area contributed by atoms with Crippen molar-refractivity contribution in [2.45, 2.75) is 107 Å². The average molecular weight is 988 g/mol. The first-order valence-electron chi connectivity index (χ1n) is 21.2. The molecule has 28 nitrogen and oxygen atoms in total. The molecule has 7 amide bonds. The predicted molar refractivity (Wildman–Crippen MR) is 236 cm³/mol. The van der Waals surface area contributed by atoms with Gasteiger partial charge in [0.25, 0.3) is 0 Å². The molecule has 2 rings (SSSR count). The number of amides is 7. The molecule has 0 aromatic heterocycles. The zero-order chi connectivity index (χ0) is 51.3. The summed E-state index contributed by atoms with van der Waals surface area (Å²) in [7, 11) is -5.37. The average Bonchev–Trinajstić information content (AvgIpc) is 3.78. The number of likely N-dealkylation sites (tertiary alicyclic amines) is 1. The normalized spacial score (nSPS) is 17.0. The van der Waals surface area contributed by atoms with Crippen molar-refractivity contribution < 1.29 is 82.5 Å². The summed E-state index contributed by atoms with van der Waals surface area (Å²) in [6, 6.07) is -7.45. The first-order chi connectivity index (χ1) is 31.9. The molecular weight excluding hydrogens is 925 g/mol. The Balaban J connectivity index is 2.35. The van der Waals surface area contributed by atoms with Crippen molar-refractivity contribution in [3.05, 3.63) is 29.8 Å². The molecule has 0 spiro atoms. The van der Waals surface area contributed by atoms with Crippen molar-refractivity contribution in [2.24, 2.45) is 28.1 Å². The molecule has 380 valence electrons. The summed E-state index contributed by atoms with van der Waals surface area (Å²) in [6.45, 7) is 0.0109. The number of nitrogens with two attached hydrogens (primary N) is 3. The smallest absolute Gasteiger partial charge is 0.469 e. The van der Waals surface area contributed by atoms with Gasteiger partial charge in [-0.3, -0.25) is 47.9 Å². The number of phenols is 1. The van der Waals surface area contributed by atoms with Gasteiger partial charge in [-0.15, -0.1) is 0 Å². The number of phosphoric acid groups is 1. The fraction of sp³-hybridized carbons (Fsp3) is 0.590. The van der Waals surface area contributed by atoms with Gasteiger partial charge in [-0.2, -0.15) is 0 Å². The van der Waals surface area contributed by atoms with Gasteiger partial charge in [0.2, 0.25) is 41.4 Å². The van der Waals surface area contributed by atoms with E-state index < -0.39 is 136 Å². The van der Waals surface area contributed by atoms with Crippen LogP contribution in [0, 0.1) is 5.92 Å². The lowest BCUT2D eigenvalue weighted by molar-refractivity contribution is -0.144. The van der Waals surface area contributed by atoms with Gasteiger partial charge in [0.05, 0.1) is 38.3 Å². The second kappa shape index (κ2) is 28.1. The molecule has 1 heterocycles. The Morgan fingerprint density at radius 2 is 1.41 bits per heavy atom. The maximum Gasteiger partial charge on any atom is 0.469 e. The summed E-state index contributed by atoms with van der Waals surface area (Å²) in [6.07, 6.45) is 0.124. The molecule has 1 aromatic rings. The van der Waals surface area contributed by atoms with Crippen LogP contribution in [-0.2, 0) is 58.7 Å². The lowest BCUT2D eigenvalue weighted by Crippen LogP contribution is -2.61. The molecular formula is C39H62N11O17P. The highest BCUT2D eigenvalue weighted by Crippen LogP contribution is 2.35. The molecule has 29 heteroatoms. The molecule has 0 radical (unpaired) electrons. The van der Waals surface area contributed by atoms with E-state index in [1.165, 1.54) is 24.3 Å². The number of aliphatic carboxylic acids is 1. The summed E-state index contributed by atoms with van der Waals surface area (Å²) in [5.74, 6) is -9.86. The van der Waals surface area contributed by atoms with Crippen LogP contribution >= 0.6 is 7.82 Å². The predicted octanol–water partition coefficient (Wildman–Crippen LogP) is -5.97. The number of phenolic OH excluding ortho intramolecular Hbond substituents is 1. The summed E-state index contributed by atoms with van der Waals surface area (Å²) in [5, 5.41) is 53.1. The molecule has 18 N–H and O–H groups in total. The van der Waals surface area contributed by atoms with Crippen LogP contribution in [0.3, 0.4) is 0 Å². The van der Waals surface area contributed by atoms with Crippen molar-refractivity contribution >= 4 is 67.4 Å². The number of guanidine groups is 1. The highest BCUT2D eigenvalue weighted by Gasteiger charge is 2.41. The number of carboxylic acids is 1. The van der Waals surface area contributed by atoms with Crippen molar-refractivity contribution in [1.29, 1.82) is 0 Å². The summed E-state index contributed by atoms with van der Waals surface area (Å²) in [5.41, 5.74) is 16.8. The van der Waals surface area contributed by atoms with Gasteiger partial charge < -0.3 is 89.0 Å². The Bertz CT molecular complexity index is 2000. The molecule has 0 saturated carbocycles. The number of carboxylic acid groups (broad SMARTS) is 1. The third-order valence-electron chi connectivity index (χ3n) is 10.5. The summed E-state index contributed by atoms with van der Waals surface area (Å²) < 4.78 is 16.2. The first kappa shape index (κ1) is 57.8. The number of rotatable bonds is 29. The van der Waals surface area contributed by atoms with E-state index >= 15 is 0 Å². The topological polar surface area (TPSA) is 467 Å². The third-order valence-corrected chi connectivity index (χ3v) is 11.0. The molecule has 1 saturated heterocycles. The zero-order valence-corrected chi connectivity index (χ0v) is 38.2. The molecule has 1 fully saturated rings. The van der Waals surface area contributed by atoms with Gasteiger partial charge >= 0.3 is 13.8 Å². The molecule has 68 heavy (non-hydrogen) atoms. The molecule has 0 bridgehead atoms. The van der Waals surface area contributed by atoms with E-state index in [1.54, 1.807) is 13.8 Å². The zero-order valence-electron chi connectivity index (χ0n) is 37.3. The molecule has 1 aromatic carbocycles. The van der Waals surface area contributed by atoms with Gasteiger partial charge in [0, 0.05) is 19.5 Å². The van der Waals surface area contributed by atoms with E-state index in [4.69, 9.17) is 17.2 Å². The van der Waals surface area contributed by atoms with Crippen LogP contribution in [0.4, 0.5) is 0 Å². The molecule has 0 aliphatic carbocycles. The Labute approximate surface area is 389 Å². The van der Waals surface area contributed by atoms with Crippen molar-refractivity contribution in [3.8, 4) is 5.75 Å². The van der Waals surface area contributed by atoms with Gasteiger partial charge in [0.15, 0.2) is 5.96 Å². The van der Waals surface area contributed by atoms with Crippen LogP contribution in [0.1, 0.15) is 57.9 Å². The minimum Gasteiger partial charge on any atom is -0.508 e. The number of aliphatic hydroxyl groups excluding tert-OH is 2. The number of nitrogens with zero attached hydrogens (tertiary/aromatic N) is 2. The summed E-state index contributed by atoms with van der Waals surface area (Å²) >= 11 is 0. The monoisotopic (exact) mass is 987 g/mol.